The molecule has 0 aromatic heterocycles. The second-order valence-electron chi connectivity index (χ2n) is 7.52. The van der Waals surface area contributed by atoms with E-state index in [2.05, 4.69) is 0 Å². The van der Waals surface area contributed by atoms with Gasteiger partial charge in [-0.15, -0.1) is 0 Å². The number of benzene rings is 2. The minimum absolute atomic E-state index is 0.121. The Kier molecular flexibility index (Phi) is 8.19. The van der Waals surface area contributed by atoms with Gasteiger partial charge in [0.05, 0.1) is 48.1 Å². The van der Waals surface area contributed by atoms with Gasteiger partial charge >= 0.3 is 6.09 Å². The number of amides is 1. The molecule has 1 heterocycles. The first kappa shape index (κ1) is 24.7. The lowest BCUT2D eigenvalue weighted by atomic mass is 9.94. The number of hydrogen-bond acceptors (Lipinski definition) is 7. The van der Waals surface area contributed by atoms with Crippen LogP contribution in [0.25, 0.3) is 12.2 Å². The first-order valence-electron chi connectivity index (χ1n) is 10.7. The molecule has 1 amide bonds. The van der Waals surface area contributed by atoms with Gasteiger partial charge in [0.1, 0.15) is 23.0 Å². The van der Waals surface area contributed by atoms with Gasteiger partial charge in [-0.05, 0) is 54.5 Å². The molecular formula is C26H29NO7. The van der Waals surface area contributed by atoms with Gasteiger partial charge in [0.25, 0.3) is 0 Å². The quantitative estimate of drug-likeness (QED) is 0.564. The van der Waals surface area contributed by atoms with Gasteiger partial charge < -0.3 is 23.7 Å². The maximum atomic E-state index is 13.4. The number of likely N-dealkylation sites (tertiary alicyclic amines) is 1. The van der Waals surface area contributed by atoms with Crippen molar-refractivity contribution in [3.05, 3.63) is 58.7 Å². The second-order valence-corrected chi connectivity index (χ2v) is 7.52. The zero-order chi connectivity index (χ0) is 24.7. The van der Waals surface area contributed by atoms with Gasteiger partial charge in [-0.3, -0.25) is 9.69 Å². The van der Waals surface area contributed by atoms with E-state index < -0.39 is 6.09 Å². The Labute approximate surface area is 199 Å². The first-order chi connectivity index (χ1) is 16.4. The number of Topliss-reactive ketones (excluding diaryl/α,β-unsaturated/α-hetero) is 1. The van der Waals surface area contributed by atoms with Crippen LogP contribution in [0.15, 0.2) is 47.5 Å². The fourth-order valence-electron chi connectivity index (χ4n) is 3.61. The third-order valence-corrected chi connectivity index (χ3v) is 5.26. The van der Waals surface area contributed by atoms with Crippen molar-refractivity contribution in [2.45, 2.75) is 6.92 Å². The number of methoxy groups -OCH3 is 4. The van der Waals surface area contributed by atoms with Crippen LogP contribution in [0.5, 0.6) is 23.0 Å². The molecule has 2 aromatic rings. The summed E-state index contributed by atoms with van der Waals surface area (Å²) in [7, 11) is 6.23. The van der Waals surface area contributed by atoms with Crippen LogP contribution in [0.4, 0.5) is 4.79 Å². The van der Waals surface area contributed by atoms with E-state index in [4.69, 9.17) is 23.7 Å². The summed E-state index contributed by atoms with van der Waals surface area (Å²) in [6, 6.07) is 10.7. The van der Waals surface area contributed by atoms with E-state index >= 15 is 0 Å². The van der Waals surface area contributed by atoms with Crippen LogP contribution in [-0.2, 0) is 9.53 Å². The summed E-state index contributed by atoms with van der Waals surface area (Å²) < 4.78 is 26.5. The molecule has 0 radical (unpaired) electrons. The topological polar surface area (TPSA) is 83.5 Å². The van der Waals surface area contributed by atoms with Crippen molar-refractivity contribution in [1.29, 1.82) is 0 Å². The molecule has 180 valence electrons. The lowest BCUT2D eigenvalue weighted by Gasteiger charge is -2.29. The minimum Gasteiger partial charge on any atom is -0.497 e. The minimum atomic E-state index is -0.488. The van der Waals surface area contributed by atoms with Crippen molar-refractivity contribution >= 4 is 24.0 Å². The number of hydrogen-bond donors (Lipinski definition) is 0. The highest BCUT2D eigenvalue weighted by Gasteiger charge is 2.30. The Bertz CT molecular complexity index is 998. The largest absolute Gasteiger partial charge is 0.497 e. The van der Waals surface area contributed by atoms with E-state index in [9.17, 15) is 9.59 Å². The van der Waals surface area contributed by atoms with Gasteiger partial charge in [-0.25, -0.2) is 4.79 Å². The van der Waals surface area contributed by atoms with Gasteiger partial charge in [-0.2, -0.15) is 0 Å². The average Bonchev–Trinajstić information content (AvgIpc) is 2.85. The lowest BCUT2D eigenvalue weighted by Crippen LogP contribution is -2.41. The maximum absolute atomic E-state index is 13.4. The summed E-state index contributed by atoms with van der Waals surface area (Å²) in [6.07, 6.45) is 2.98. The number of ketones is 1. The molecule has 0 spiro atoms. The lowest BCUT2D eigenvalue weighted by molar-refractivity contribution is -0.113. The average molecular weight is 468 g/mol. The highest BCUT2D eigenvalue weighted by atomic mass is 16.6. The van der Waals surface area contributed by atoms with Gasteiger partial charge in [-0.1, -0.05) is 0 Å². The van der Waals surface area contributed by atoms with E-state index in [1.54, 1.807) is 83.9 Å². The molecule has 1 aliphatic heterocycles. The number of piperidine rings is 1. The summed E-state index contributed by atoms with van der Waals surface area (Å²) in [6.45, 7) is 2.22. The molecule has 0 N–H and O–H groups in total. The number of carbonyl (C=O) groups excluding carboxylic acids is 2. The number of rotatable bonds is 7. The zero-order valence-electron chi connectivity index (χ0n) is 20.0. The van der Waals surface area contributed by atoms with E-state index in [0.717, 1.165) is 0 Å². The van der Waals surface area contributed by atoms with Gasteiger partial charge in [0.2, 0.25) is 0 Å². The Balaban J connectivity index is 2.06. The molecule has 1 saturated heterocycles. The van der Waals surface area contributed by atoms with E-state index in [0.29, 0.717) is 45.3 Å². The van der Waals surface area contributed by atoms with Crippen LogP contribution in [0.2, 0.25) is 0 Å². The summed E-state index contributed by atoms with van der Waals surface area (Å²) in [5, 5.41) is 0. The van der Waals surface area contributed by atoms with Crippen molar-refractivity contribution in [3.63, 3.8) is 0 Å². The van der Waals surface area contributed by atoms with Crippen LogP contribution in [0, 0.1) is 0 Å². The molecule has 1 fully saturated rings. The standard InChI is InChI=1S/C26H29NO7/c1-6-34-26(29)27-15-19(7-17-9-21(30-2)13-22(10-17)31-3)25(28)20(16-27)8-18-11-23(32-4)14-24(12-18)33-5/h7-14H,6,15-16H2,1-5H3/b19-7-,20-8+. The number of carbonyl (C=O) groups is 2. The summed E-state index contributed by atoms with van der Waals surface area (Å²) in [4.78, 5) is 27.5. The summed E-state index contributed by atoms with van der Waals surface area (Å²) in [5.74, 6) is 2.21. The van der Waals surface area contributed by atoms with Crippen LogP contribution < -0.4 is 18.9 Å². The van der Waals surface area contributed by atoms with Crippen LogP contribution >= 0.6 is 0 Å². The van der Waals surface area contributed by atoms with E-state index in [1.807, 2.05) is 0 Å². The molecule has 1 aliphatic rings. The van der Waals surface area contributed by atoms with Crippen molar-refractivity contribution in [3.8, 4) is 23.0 Å². The monoisotopic (exact) mass is 467 g/mol. The predicted molar refractivity (Wildman–Crippen MR) is 129 cm³/mol. The molecule has 2 aromatic carbocycles. The number of ether oxygens (including phenoxy) is 5. The van der Waals surface area contributed by atoms with Crippen molar-refractivity contribution in [2.75, 3.05) is 48.1 Å². The molecule has 34 heavy (non-hydrogen) atoms. The first-order valence-corrected chi connectivity index (χ1v) is 10.7. The molecule has 0 aliphatic carbocycles. The summed E-state index contributed by atoms with van der Waals surface area (Å²) in [5.41, 5.74) is 2.31. The van der Waals surface area contributed by atoms with Crippen molar-refractivity contribution in [1.82, 2.24) is 4.90 Å². The second kappa shape index (κ2) is 11.3. The van der Waals surface area contributed by atoms with Gasteiger partial charge in [0, 0.05) is 23.3 Å². The van der Waals surface area contributed by atoms with E-state index in [1.165, 1.54) is 4.90 Å². The SMILES string of the molecule is CCOC(=O)N1C/C(=C/c2cc(OC)cc(OC)c2)C(=O)/C(=C/c2cc(OC)cc(OC)c2)C1. The third kappa shape index (κ3) is 5.89. The van der Waals surface area contributed by atoms with Gasteiger partial charge in [0.15, 0.2) is 5.78 Å². The Morgan fingerprint density at radius 1 is 0.765 bits per heavy atom. The normalized spacial score (nSPS) is 15.9. The highest BCUT2D eigenvalue weighted by Crippen LogP contribution is 2.29. The smallest absolute Gasteiger partial charge is 0.410 e. The van der Waals surface area contributed by atoms with Crippen LogP contribution in [0.3, 0.4) is 0 Å². The summed E-state index contributed by atoms with van der Waals surface area (Å²) >= 11 is 0. The fraction of sp³-hybridized carbons (Fsp3) is 0.308. The molecule has 3 rings (SSSR count). The Hall–Kier alpha value is -3.94. The molecule has 0 unspecified atom stereocenters. The zero-order valence-corrected chi connectivity index (χ0v) is 20.0. The van der Waals surface area contributed by atoms with E-state index in [-0.39, 0.29) is 25.5 Å². The van der Waals surface area contributed by atoms with Crippen molar-refractivity contribution < 1.29 is 33.3 Å². The van der Waals surface area contributed by atoms with Crippen LogP contribution in [-0.4, -0.2) is 64.9 Å². The molecular weight excluding hydrogens is 438 g/mol. The molecule has 0 bridgehead atoms. The highest BCUT2D eigenvalue weighted by molar-refractivity contribution is 6.15. The molecule has 8 heteroatoms. The Morgan fingerprint density at radius 3 is 1.47 bits per heavy atom. The molecule has 0 saturated carbocycles. The fourth-order valence-corrected chi connectivity index (χ4v) is 3.61. The third-order valence-electron chi connectivity index (χ3n) is 5.26. The Morgan fingerprint density at radius 2 is 1.15 bits per heavy atom. The molecule has 0 atom stereocenters. The molecule has 8 nitrogen and oxygen atoms in total. The number of nitrogens with zero attached hydrogens (tertiary/aromatic N) is 1. The van der Waals surface area contributed by atoms with Crippen LogP contribution in [0.1, 0.15) is 18.1 Å². The van der Waals surface area contributed by atoms with Crippen molar-refractivity contribution in [2.24, 2.45) is 0 Å². The predicted octanol–water partition coefficient (Wildman–Crippen LogP) is 4.23. The maximum Gasteiger partial charge on any atom is 0.410 e.